The Bertz CT molecular complexity index is 879. The van der Waals surface area contributed by atoms with Crippen LogP contribution < -0.4 is 5.32 Å². The van der Waals surface area contributed by atoms with E-state index in [1.54, 1.807) is 0 Å². The van der Waals surface area contributed by atoms with Gasteiger partial charge in [-0.2, -0.15) is 13.2 Å². The Morgan fingerprint density at radius 2 is 1.93 bits per heavy atom. The summed E-state index contributed by atoms with van der Waals surface area (Å²) < 4.78 is 48.4. The van der Waals surface area contributed by atoms with Crippen LogP contribution in [0.1, 0.15) is 30.7 Å². The Labute approximate surface area is 180 Å². The Morgan fingerprint density at radius 3 is 2.47 bits per heavy atom. The monoisotopic (exact) mass is 489 g/mol. The Kier molecular flexibility index (Phi) is 6.59. The number of benzene rings is 1. The molecule has 0 saturated carbocycles. The molecular formula is C20H23BrF3N3O3. The van der Waals surface area contributed by atoms with Crippen molar-refractivity contribution in [2.75, 3.05) is 19.8 Å². The van der Waals surface area contributed by atoms with Crippen molar-refractivity contribution in [2.45, 2.75) is 36.5 Å². The number of halogens is 4. The summed E-state index contributed by atoms with van der Waals surface area (Å²) in [6.07, 6.45) is -2.34. The van der Waals surface area contributed by atoms with Gasteiger partial charge in [-0.1, -0.05) is 28.1 Å². The third-order valence-corrected chi connectivity index (χ3v) is 6.14. The maximum Gasteiger partial charge on any atom is 0.424 e. The van der Waals surface area contributed by atoms with Gasteiger partial charge in [0.1, 0.15) is 5.82 Å². The molecule has 1 unspecified atom stereocenters. The zero-order chi connectivity index (χ0) is 22.0. The van der Waals surface area contributed by atoms with Crippen molar-refractivity contribution >= 4 is 21.8 Å². The molecule has 0 bridgehead atoms. The molecule has 1 aliphatic rings. The number of aryl methyl sites for hydroxylation is 1. The third kappa shape index (κ3) is 4.26. The molecular weight excluding hydrogens is 467 g/mol. The molecule has 30 heavy (non-hydrogen) atoms. The number of hydrogen-bond acceptors (Lipinski definition) is 4. The highest BCUT2D eigenvalue weighted by Gasteiger charge is 2.57. The number of alkyl halides is 3. The second kappa shape index (κ2) is 8.68. The van der Waals surface area contributed by atoms with Gasteiger partial charge in [0.2, 0.25) is 11.5 Å². The van der Waals surface area contributed by atoms with Crippen LogP contribution in [-0.2, 0) is 27.6 Å². The average Bonchev–Trinajstić information content (AvgIpc) is 3.14. The Hall–Kier alpha value is -1.91. The first kappa shape index (κ1) is 22.8. The molecule has 1 atom stereocenters. The van der Waals surface area contributed by atoms with Gasteiger partial charge in [-0.25, -0.2) is 4.98 Å². The average molecular weight is 490 g/mol. The fraction of sp³-hybridized carbons (Fsp3) is 0.500. The highest BCUT2D eigenvalue weighted by molar-refractivity contribution is 9.10. The maximum absolute atomic E-state index is 13.7. The van der Waals surface area contributed by atoms with Gasteiger partial charge < -0.3 is 19.7 Å². The number of hydrogen-bond donors (Lipinski definition) is 2. The van der Waals surface area contributed by atoms with Gasteiger partial charge in [0.05, 0.1) is 5.41 Å². The molecule has 164 valence electrons. The number of nitrogens with zero attached hydrogens (tertiary/aromatic N) is 2. The van der Waals surface area contributed by atoms with Crippen molar-refractivity contribution in [3.8, 4) is 0 Å². The van der Waals surface area contributed by atoms with Crippen LogP contribution in [-0.4, -0.2) is 46.5 Å². The van der Waals surface area contributed by atoms with Crippen LogP contribution in [0.5, 0.6) is 0 Å². The standard InChI is InChI=1S/C20H23BrF3N3O3/c1-27-11-10-25-16(27)19(29,20(22,23)24)6-9-26-17(28)18(7-12-30-13-8-18)14-2-4-15(21)5-3-14/h2-5,10-11,29H,6-9,12-13H2,1H3,(H,26,28). The van der Waals surface area contributed by atoms with E-state index in [1.165, 1.54) is 19.4 Å². The number of ether oxygens (including phenoxy) is 1. The summed E-state index contributed by atoms with van der Waals surface area (Å²) in [7, 11) is 1.38. The normalized spacial score (nSPS) is 18.6. The molecule has 1 aromatic heterocycles. The summed E-state index contributed by atoms with van der Waals surface area (Å²) in [5, 5.41) is 13.1. The molecule has 1 amide bonds. The van der Waals surface area contributed by atoms with Crippen molar-refractivity contribution in [1.82, 2.24) is 14.9 Å². The lowest BCUT2D eigenvalue weighted by atomic mass is 9.73. The summed E-state index contributed by atoms with van der Waals surface area (Å²) in [6.45, 7) is 0.396. The van der Waals surface area contributed by atoms with E-state index in [4.69, 9.17) is 4.74 Å². The number of carbonyl (C=O) groups excluding carboxylic acids is 1. The van der Waals surface area contributed by atoms with E-state index in [-0.39, 0.29) is 12.5 Å². The quantitative estimate of drug-likeness (QED) is 0.653. The minimum atomic E-state index is -4.95. The molecule has 2 N–H and O–H groups in total. The van der Waals surface area contributed by atoms with Gasteiger partial charge in [0.25, 0.3) is 0 Å². The van der Waals surface area contributed by atoms with E-state index >= 15 is 0 Å². The molecule has 1 saturated heterocycles. The molecule has 1 aliphatic heterocycles. The summed E-state index contributed by atoms with van der Waals surface area (Å²) in [4.78, 5) is 16.8. The Morgan fingerprint density at radius 1 is 1.30 bits per heavy atom. The van der Waals surface area contributed by atoms with Gasteiger partial charge in [0.15, 0.2) is 0 Å². The molecule has 0 spiro atoms. The number of rotatable bonds is 6. The number of carbonyl (C=O) groups is 1. The predicted octanol–water partition coefficient (Wildman–Crippen LogP) is 3.19. The van der Waals surface area contributed by atoms with Crippen molar-refractivity contribution < 1.29 is 27.8 Å². The van der Waals surface area contributed by atoms with Gasteiger partial charge in [-0.3, -0.25) is 4.79 Å². The Balaban J connectivity index is 1.78. The van der Waals surface area contributed by atoms with Crippen molar-refractivity contribution in [1.29, 1.82) is 0 Å². The van der Waals surface area contributed by atoms with Crippen LogP contribution in [0.15, 0.2) is 41.1 Å². The molecule has 10 heteroatoms. The molecule has 6 nitrogen and oxygen atoms in total. The molecule has 1 aromatic carbocycles. The first-order valence-electron chi connectivity index (χ1n) is 9.49. The number of aromatic nitrogens is 2. The van der Waals surface area contributed by atoms with Crippen molar-refractivity contribution in [3.05, 3.63) is 52.5 Å². The number of nitrogens with one attached hydrogen (secondary N) is 1. The van der Waals surface area contributed by atoms with Crippen LogP contribution in [0.2, 0.25) is 0 Å². The van der Waals surface area contributed by atoms with E-state index in [9.17, 15) is 23.1 Å². The SMILES string of the molecule is Cn1ccnc1C(O)(CCNC(=O)C1(c2ccc(Br)cc2)CCOCC1)C(F)(F)F. The summed E-state index contributed by atoms with van der Waals surface area (Å²) >= 11 is 3.36. The zero-order valence-electron chi connectivity index (χ0n) is 16.4. The first-order valence-corrected chi connectivity index (χ1v) is 10.3. The van der Waals surface area contributed by atoms with Crippen LogP contribution in [0, 0.1) is 0 Å². The summed E-state index contributed by atoms with van der Waals surface area (Å²) in [6, 6.07) is 7.30. The summed E-state index contributed by atoms with van der Waals surface area (Å²) in [5.74, 6) is -0.893. The number of imidazole rings is 1. The van der Waals surface area contributed by atoms with E-state index in [0.29, 0.717) is 26.1 Å². The molecule has 0 aliphatic carbocycles. The van der Waals surface area contributed by atoms with Crippen LogP contribution in [0.4, 0.5) is 13.2 Å². The molecule has 1 fully saturated rings. The summed E-state index contributed by atoms with van der Waals surface area (Å²) in [5.41, 5.74) is -3.28. The third-order valence-electron chi connectivity index (χ3n) is 5.61. The van der Waals surface area contributed by atoms with Gasteiger partial charge in [0, 0.05) is 50.1 Å². The molecule has 2 heterocycles. The van der Waals surface area contributed by atoms with Gasteiger partial charge >= 0.3 is 6.18 Å². The smallest absolute Gasteiger partial charge is 0.381 e. The van der Waals surface area contributed by atoms with E-state index < -0.39 is 29.4 Å². The molecule has 0 radical (unpaired) electrons. The minimum Gasteiger partial charge on any atom is -0.381 e. The fourth-order valence-corrected chi connectivity index (χ4v) is 4.07. The lowest BCUT2D eigenvalue weighted by molar-refractivity contribution is -0.272. The van der Waals surface area contributed by atoms with Crippen molar-refractivity contribution in [3.63, 3.8) is 0 Å². The van der Waals surface area contributed by atoms with Crippen LogP contribution >= 0.6 is 15.9 Å². The predicted molar refractivity (Wildman–Crippen MR) is 107 cm³/mol. The van der Waals surface area contributed by atoms with E-state index in [2.05, 4.69) is 26.2 Å². The highest BCUT2D eigenvalue weighted by Crippen LogP contribution is 2.41. The molecule has 2 aromatic rings. The lowest BCUT2D eigenvalue weighted by Gasteiger charge is -2.37. The van der Waals surface area contributed by atoms with Crippen LogP contribution in [0.3, 0.4) is 0 Å². The highest BCUT2D eigenvalue weighted by atomic mass is 79.9. The minimum absolute atomic E-state index is 0.360. The topological polar surface area (TPSA) is 76.4 Å². The van der Waals surface area contributed by atoms with E-state index in [0.717, 1.165) is 14.6 Å². The number of aliphatic hydroxyl groups is 1. The second-order valence-corrected chi connectivity index (χ2v) is 8.34. The second-order valence-electron chi connectivity index (χ2n) is 7.43. The lowest BCUT2D eigenvalue weighted by Crippen LogP contribution is -2.51. The zero-order valence-corrected chi connectivity index (χ0v) is 18.0. The largest absolute Gasteiger partial charge is 0.424 e. The van der Waals surface area contributed by atoms with Crippen molar-refractivity contribution in [2.24, 2.45) is 7.05 Å². The van der Waals surface area contributed by atoms with Crippen LogP contribution in [0.25, 0.3) is 0 Å². The van der Waals surface area contributed by atoms with Gasteiger partial charge in [-0.15, -0.1) is 0 Å². The number of amides is 1. The van der Waals surface area contributed by atoms with Gasteiger partial charge in [-0.05, 0) is 30.5 Å². The first-order chi connectivity index (χ1) is 14.1. The fourth-order valence-electron chi connectivity index (χ4n) is 3.81. The maximum atomic E-state index is 13.7. The molecule has 3 rings (SSSR count). The van der Waals surface area contributed by atoms with E-state index in [1.807, 2.05) is 24.3 Å².